The van der Waals surface area contributed by atoms with Crippen molar-refractivity contribution in [3.05, 3.63) is 0 Å². The van der Waals surface area contributed by atoms with Gasteiger partial charge in [0.25, 0.3) is 0 Å². The number of carbonyl (C=O) groups excluding carboxylic acids is 2. The van der Waals surface area contributed by atoms with Crippen LogP contribution in [0.3, 0.4) is 0 Å². The molecule has 0 rings (SSSR count). The number of esters is 2. The minimum Gasteiger partial charge on any atom is -0.465 e. The molecule has 0 aliphatic rings. The van der Waals surface area contributed by atoms with Gasteiger partial charge in [0, 0.05) is 6.42 Å². The molecule has 0 spiro atoms. The van der Waals surface area contributed by atoms with Crippen molar-refractivity contribution in [2.24, 2.45) is 17.8 Å². The molecule has 0 saturated heterocycles. The van der Waals surface area contributed by atoms with E-state index in [4.69, 9.17) is 9.47 Å². The number of hydrogen-bond donors (Lipinski definition) is 0. The minimum absolute atomic E-state index is 0.00670. The molecule has 0 bridgehead atoms. The monoisotopic (exact) mass is 595 g/mol. The van der Waals surface area contributed by atoms with Crippen LogP contribution < -0.4 is 0 Å². The third-order valence-corrected chi connectivity index (χ3v) is 8.97. The number of ether oxygens (including phenoxy) is 2. The van der Waals surface area contributed by atoms with Crippen molar-refractivity contribution in [2.45, 2.75) is 202 Å². The van der Waals surface area contributed by atoms with E-state index in [0.717, 1.165) is 63.7 Å². The van der Waals surface area contributed by atoms with Crippen LogP contribution in [-0.4, -0.2) is 25.2 Å². The van der Waals surface area contributed by atoms with Crippen LogP contribution in [0.1, 0.15) is 202 Å². The molecule has 4 heteroatoms. The predicted octanol–water partition coefficient (Wildman–Crippen LogP) is 12.2. The maximum atomic E-state index is 12.6. The number of rotatable bonds is 32. The molecular weight excluding hydrogens is 520 g/mol. The molecule has 0 aromatic heterocycles. The summed E-state index contributed by atoms with van der Waals surface area (Å²) in [5.74, 6) is 1.47. The van der Waals surface area contributed by atoms with Gasteiger partial charge in [-0.15, -0.1) is 0 Å². The number of unbranched alkanes of at least 4 members (excludes halogenated alkanes) is 13. The van der Waals surface area contributed by atoms with E-state index in [0.29, 0.717) is 25.6 Å². The van der Waals surface area contributed by atoms with Crippen molar-refractivity contribution in [1.82, 2.24) is 0 Å². The molecule has 0 aliphatic carbocycles. The Bertz CT molecular complexity index is 590. The van der Waals surface area contributed by atoms with Crippen molar-refractivity contribution >= 4 is 11.9 Å². The fraction of sp³-hybridized carbons (Fsp3) is 0.947. The molecule has 0 N–H and O–H groups in total. The van der Waals surface area contributed by atoms with Gasteiger partial charge in [0.1, 0.15) is 0 Å². The Labute approximate surface area is 263 Å². The van der Waals surface area contributed by atoms with Gasteiger partial charge in [-0.05, 0) is 50.4 Å². The summed E-state index contributed by atoms with van der Waals surface area (Å²) < 4.78 is 11.3. The summed E-state index contributed by atoms with van der Waals surface area (Å²) in [5.41, 5.74) is 0. The molecule has 0 amide bonds. The molecule has 0 aromatic carbocycles. The van der Waals surface area contributed by atoms with Gasteiger partial charge < -0.3 is 9.47 Å². The second-order valence-corrected chi connectivity index (χ2v) is 13.3. The van der Waals surface area contributed by atoms with Gasteiger partial charge in [-0.3, -0.25) is 9.59 Å². The minimum atomic E-state index is 0.00670. The first-order valence-corrected chi connectivity index (χ1v) is 18.8. The lowest BCUT2D eigenvalue weighted by Crippen LogP contribution is -2.18. The Balaban J connectivity index is 3.82. The zero-order valence-corrected chi connectivity index (χ0v) is 29.2. The second-order valence-electron chi connectivity index (χ2n) is 13.3. The molecular formula is C38H74O4. The van der Waals surface area contributed by atoms with Crippen LogP contribution in [-0.2, 0) is 19.1 Å². The molecule has 0 aliphatic heterocycles. The van der Waals surface area contributed by atoms with Crippen molar-refractivity contribution < 1.29 is 19.1 Å². The predicted molar refractivity (Wildman–Crippen MR) is 181 cm³/mol. The van der Waals surface area contributed by atoms with Crippen LogP contribution >= 0.6 is 0 Å². The van der Waals surface area contributed by atoms with Crippen LogP contribution in [0.5, 0.6) is 0 Å². The summed E-state index contributed by atoms with van der Waals surface area (Å²) >= 11 is 0. The van der Waals surface area contributed by atoms with Gasteiger partial charge in [0.05, 0.1) is 19.1 Å². The summed E-state index contributed by atoms with van der Waals surface area (Å²) in [7, 11) is 0. The highest BCUT2D eigenvalue weighted by molar-refractivity contribution is 5.72. The normalized spacial score (nSPS) is 13.5. The first-order valence-electron chi connectivity index (χ1n) is 18.8. The lowest BCUT2D eigenvalue weighted by molar-refractivity contribution is -0.149. The van der Waals surface area contributed by atoms with E-state index in [-0.39, 0.29) is 17.9 Å². The average molecular weight is 595 g/mol. The van der Waals surface area contributed by atoms with Crippen LogP contribution in [0.4, 0.5) is 0 Å². The third kappa shape index (κ3) is 26.6. The van der Waals surface area contributed by atoms with Crippen molar-refractivity contribution in [3.63, 3.8) is 0 Å². The molecule has 3 unspecified atom stereocenters. The van der Waals surface area contributed by atoms with Crippen LogP contribution in [0.2, 0.25) is 0 Å². The largest absolute Gasteiger partial charge is 0.465 e. The molecule has 250 valence electrons. The Morgan fingerprint density at radius 1 is 0.500 bits per heavy atom. The maximum Gasteiger partial charge on any atom is 0.308 e. The van der Waals surface area contributed by atoms with Crippen molar-refractivity contribution in [3.8, 4) is 0 Å². The van der Waals surface area contributed by atoms with Crippen LogP contribution in [0.25, 0.3) is 0 Å². The highest BCUT2D eigenvalue weighted by atomic mass is 16.5. The Hall–Kier alpha value is -1.06. The fourth-order valence-corrected chi connectivity index (χ4v) is 5.92. The molecule has 0 aromatic rings. The Morgan fingerprint density at radius 2 is 0.976 bits per heavy atom. The SMILES string of the molecule is CCCCCCC(CCCC)COC(=O)CCCCCC(C)CCCCCCOC(=O)C(CCCC)CCCCCC. The first kappa shape index (κ1) is 40.9. The summed E-state index contributed by atoms with van der Waals surface area (Å²) in [4.78, 5) is 24.8. The van der Waals surface area contributed by atoms with E-state index >= 15 is 0 Å². The second kappa shape index (κ2) is 31.4. The average Bonchev–Trinajstić information content (AvgIpc) is 2.99. The van der Waals surface area contributed by atoms with Crippen molar-refractivity contribution in [1.29, 1.82) is 0 Å². The zero-order chi connectivity index (χ0) is 31.1. The molecule has 0 fully saturated rings. The fourth-order valence-electron chi connectivity index (χ4n) is 5.92. The lowest BCUT2D eigenvalue weighted by atomic mass is 9.95. The van der Waals surface area contributed by atoms with Crippen LogP contribution in [0, 0.1) is 17.8 Å². The quantitative estimate of drug-likeness (QED) is 0.0574. The maximum absolute atomic E-state index is 12.6. The van der Waals surface area contributed by atoms with Gasteiger partial charge in [-0.1, -0.05) is 157 Å². The van der Waals surface area contributed by atoms with E-state index in [9.17, 15) is 9.59 Å². The standard InChI is InChI=1S/C38H74O4/c1-6-10-14-21-28-35(27-12-8-3)33-42-37(39)31-23-18-20-26-34(5)25-19-16-17-24-32-41-38(40)36(29-13-9-4)30-22-15-11-7-2/h34-36H,6-33H2,1-5H3. The van der Waals surface area contributed by atoms with E-state index in [1.54, 1.807) is 0 Å². The summed E-state index contributed by atoms with van der Waals surface area (Å²) in [6, 6.07) is 0. The molecule has 3 atom stereocenters. The summed E-state index contributed by atoms with van der Waals surface area (Å²) in [5, 5.41) is 0. The lowest BCUT2D eigenvalue weighted by Gasteiger charge is -2.17. The van der Waals surface area contributed by atoms with E-state index < -0.39 is 0 Å². The van der Waals surface area contributed by atoms with Crippen molar-refractivity contribution in [2.75, 3.05) is 13.2 Å². The Morgan fingerprint density at radius 3 is 1.62 bits per heavy atom. The summed E-state index contributed by atoms with van der Waals surface area (Å²) in [6.45, 7) is 12.5. The number of carbonyl (C=O) groups is 2. The third-order valence-electron chi connectivity index (χ3n) is 8.97. The summed E-state index contributed by atoms with van der Waals surface area (Å²) in [6.07, 6.45) is 30.2. The number of hydrogen-bond acceptors (Lipinski definition) is 4. The highest BCUT2D eigenvalue weighted by Gasteiger charge is 2.19. The molecule has 0 heterocycles. The van der Waals surface area contributed by atoms with Gasteiger partial charge in [-0.2, -0.15) is 0 Å². The van der Waals surface area contributed by atoms with Gasteiger partial charge in [0.2, 0.25) is 0 Å². The molecule has 42 heavy (non-hydrogen) atoms. The van der Waals surface area contributed by atoms with Gasteiger partial charge in [0.15, 0.2) is 0 Å². The molecule has 4 nitrogen and oxygen atoms in total. The van der Waals surface area contributed by atoms with Gasteiger partial charge >= 0.3 is 11.9 Å². The van der Waals surface area contributed by atoms with E-state index in [2.05, 4.69) is 34.6 Å². The zero-order valence-electron chi connectivity index (χ0n) is 29.2. The van der Waals surface area contributed by atoms with E-state index in [1.807, 2.05) is 0 Å². The molecule has 0 radical (unpaired) electrons. The van der Waals surface area contributed by atoms with Crippen LogP contribution in [0.15, 0.2) is 0 Å². The highest BCUT2D eigenvalue weighted by Crippen LogP contribution is 2.21. The topological polar surface area (TPSA) is 52.6 Å². The smallest absolute Gasteiger partial charge is 0.308 e. The first-order chi connectivity index (χ1) is 20.5. The Kier molecular flexibility index (Phi) is 30.6. The van der Waals surface area contributed by atoms with Gasteiger partial charge in [-0.25, -0.2) is 0 Å². The molecule has 0 saturated carbocycles. The van der Waals surface area contributed by atoms with E-state index in [1.165, 1.54) is 103 Å².